The van der Waals surface area contributed by atoms with Crippen molar-refractivity contribution in [2.75, 3.05) is 47.5 Å². The molecule has 0 aliphatic carbocycles. The first-order valence-corrected chi connectivity index (χ1v) is 28.3. The predicted molar refractivity (Wildman–Crippen MR) is 306 cm³/mol. The largest absolute Gasteiger partial charge is 0.545 e. The van der Waals surface area contributed by atoms with Gasteiger partial charge < -0.3 is 33.3 Å². The van der Waals surface area contributed by atoms with Gasteiger partial charge in [-0.1, -0.05) is 212 Å². The highest BCUT2D eigenvalue weighted by atomic mass is 16.7. The summed E-state index contributed by atoms with van der Waals surface area (Å²) >= 11 is 0. The number of allylic oxidation sites excluding steroid dienone is 22. The SMILES string of the molecule is CC/C=C\C/C=C\C/C=C\C/C=C\C/C=C\C/C=C\C/C=C\CCCC(=O)OC(COC(=O)CCCCCCCCCCCCCC/C=C\C/C=C\C/C=C\C/C=C\CC)COC(OCC[N+](C)(C)C)C(=O)[O-]. The number of hydrogen-bond acceptors (Lipinski definition) is 8. The van der Waals surface area contributed by atoms with Crippen molar-refractivity contribution in [2.24, 2.45) is 0 Å². The average molecular weight is 1010 g/mol. The lowest BCUT2D eigenvalue weighted by Gasteiger charge is -2.26. The van der Waals surface area contributed by atoms with Gasteiger partial charge in [0.1, 0.15) is 13.2 Å². The van der Waals surface area contributed by atoms with E-state index in [9.17, 15) is 19.5 Å². The van der Waals surface area contributed by atoms with Gasteiger partial charge in [-0.2, -0.15) is 0 Å². The Hall–Kier alpha value is -4.57. The van der Waals surface area contributed by atoms with Crippen LogP contribution in [0.5, 0.6) is 0 Å². The molecule has 0 aromatic carbocycles. The molecule has 2 atom stereocenters. The van der Waals surface area contributed by atoms with Gasteiger partial charge >= 0.3 is 11.9 Å². The van der Waals surface area contributed by atoms with Crippen molar-refractivity contribution < 1.29 is 42.9 Å². The molecule has 0 fully saturated rings. The van der Waals surface area contributed by atoms with Crippen LogP contribution in [0.1, 0.15) is 194 Å². The summed E-state index contributed by atoms with van der Waals surface area (Å²) in [6.07, 6.45) is 73.6. The Labute approximate surface area is 446 Å². The van der Waals surface area contributed by atoms with Gasteiger partial charge in [-0.3, -0.25) is 9.59 Å². The maximum atomic E-state index is 12.8. The molecule has 0 spiro atoms. The molecule has 0 radical (unpaired) electrons. The number of ether oxygens (including phenoxy) is 4. The average Bonchev–Trinajstić information content (AvgIpc) is 3.36. The van der Waals surface area contributed by atoms with Gasteiger partial charge in [-0.05, 0) is 103 Å². The molecule has 0 aromatic heterocycles. The molecule has 73 heavy (non-hydrogen) atoms. The third kappa shape index (κ3) is 55.0. The highest BCUT2D eigenvalue weighted by Crippen LogP contribution is 2.14. The van der Waals surface area contributed by atoms with Crippen LogP contribution in [0.4, 0.5) is 0 Å². The van der Waals surface area contributed by atoms with E-state index < -0.39 is 24.3 Å². The lowest BCUT2D eigenvalue weighted by Crippen LogP contribution is -2.44. The van der Waals surface area contributed by atoms with Crippen molar-refractivity contribution in [3.8, 4) is 0 Å². The van der Waals surface area contributed by atoms with Crippen LogP contribution in [-0.4, -0.2) is 82.3 Å². The Kier molecular flexibility index (Phi) is 50.4. The standard InChI is InChI=1S/C64H103NO8/c1-6-8-10-12-14-16-18-20-22-24-26-28-30-31-33-34-36-38-40-42-44-46-48-50-52-54-61(66)71-58-60(59-72-64(63(68)69)70-57-56-65(3,4)5)73-62(67)55-53-51-49-47-45-43-41-39-37-35-32-29-27-25-23-21-19-17-15-13-11-9-7-2/h8-11,14-17,20-23,26-29,35,37,41,43,47,49,60,64H,6-7,12-13,18-19,24-25,30-34,36,38-40,42,44-46,48,50-59H2,1-5H3/b10-8-,11-9-,16-14-,17-15-,22-20-,23-21-,28-26-,29-27-,37-35-,43-41-,49-47-. The summed E-state index contributed by atoms with van der Waals surface area (Å²) in [6, 6.07) is 0. The third-order valence-corrected chi connectivity index (χ3v) is 11.4. The molecule has 0 saturated heterocycles. The molecule has 412 valence electrons. The first kappa shape index (κ1) is 68.4. The first-order valence-electron chi connectivity index (χ1n) is 28.3. The second-order valence-electron chi connectivity index (χ2n) is 19.5. The maximum Gasteiger partial charge on any atom is 0.306 e. The number of unbranched alkanes of at least 4 members (excludes halogenated alkanes) is 13. The third-order valence-electron chi connectivity index (χ3n) is 11.4. The predicted octanol–water partition coefficient (Wildman–Crippen LogP) is 15.3. The van der Waals surface area contributed by atoms with Gasteiger partial charge in [0.2, 0.25) is 0 Å². The van der Waals surface area contributed by atoms with Crippen molar-refractivity contribution in [3.05, 3.63) is 134 Å². The molecule has 0 N–H and O–H groups in total. The van der Waals surface area contributed by atoms with Crippen molar-refractivity contribution in [1.82, 2.24) is 0 Å². The number of carbonyl (C=O) groups excluding carboxylic acids is 3. The zero-order chi connectivity index (χ0) is 53.4. The topological polar surface area (TPSA) is 111 Å². The van der Waals surface area contributed by atoms with E-state index in [2.05, 4.69) is 141 Å². The number of carbonyl (C=O) groups is 3. The second kappa shape index (κ2) is 53.7. The number of likely N-dealkylation sites (N-methyl/N-ethyl adjacent to an activating group) is 1. The lowest BCUT2D eigenvalue weighted by atomic mass is 10.0. The summed E-state index contributed by atoms with van der Waals surface area (Å²) in [4.78, 5) is 37.3. The Bertz CT molecular complexity index is 1650. The number of hydrogen-bond donors (Lipinski definition) is 0. The fourth-order valence-corrected chi connectivity index (χ4v) is 7.10. The number of carboxylic acids is 1. The van der Waals surface area contributed by atoms with Crippen LogP contribution in [0.2, 0.25) is 0 Å². The van der Waals surface area contributed by atoms with E-state index in [0.29, 0.717) is 23.9 Å². The number of rotatable bonds is 50. The highest BCUT2D eigenvalue weighted by molar-refractivity contribution is 5.70. The van der Waals surface area contributed by atoms with Gasteiger partial charge in [0.15, 0.2) is 12.4 Å². The highest BCUT2D eigenvalue weighted by Gasteiger charge is 2.21. The number of quaternary nitrogens is 1. The van der Waals surface area contributed by atoms with Gasteiger partial charge in [-0.25, -0.2) is 0 Å². The minimum atomic E-state index is -1.65. The summed E-state index contributed by atoms with van der Waals surface area (Å²) in [5.41, 5.74) is 0. The summed E-state index contributed by atoms with van der Waals surface area (Å²) < 4.78 is 22.6. The van der Waals surface area contributed by atoms with Gasteiger partial charge in [0, 0.05) is 12.8 Å². The van der Waals surface area contributed by atoms with Crippen molar-refractivity contribution in [3.63, 3.8) is 0 Å². The molecule has 0 aliphatic heterocycles. The minimum absolute atomic E-state index is 0.129. The molecule has 0 amide bonds. The van der Waals surface area contributed by atoms with Crippen LogP contribution in [-0.2, 0) is 33.3 Å². The van der Waals surface area contributed by atoms with Crippen LogP contribution in [0.25, 0.3) is 0 Å². The van der Waals surface area contributed by atoms with Crippen molar-refractivity contribution in [2.45, 2.75) is 206 Å². The molecule has 0 rings (SSSR count). The number of aliphatic carboxylic acids is 1. The number of esters is 2. The Morgan fingerprint density at radius 2 is 0.753 bits per heavy atom. The van der Waals surface area contributed by atoms with Gasteiger partial charge in [0.25, 0.3) is 0 Å². The second-order valence-corrected chi connectivity index (χ2v) is 19.5. The van der Waals surface area contributed by atoms with Crippen LogP contribution in [0, 0.1) is 0 Å². The van der Waals surface area contributed by atoms with Gasteiger partial charge in [0.05, 0.1) is 40.3 Å². The zero-order valence-corrected chi connectivity index (χ0v) is 46.7. The Balaban J connectivity index is 4.39. The quantitative estimate of drug-likeness (QED) is 0.0195. The van der Waals surface area contributed by atoms with E-state index in [4.69, 9.17) is 18.9 Å². The molecule has 0 aliphatic rings. The first-order chi connectivity index (χ1) is 35.6. The normalized spacial score (nSPS) is 13.8. The van der Waals surface area contributed by atoms with Crippen molar-refractivity contribution in [1.29, 1.82) is 0 Å². The molecule has 0 aromatic rings. The summed E-state index contributed by atoms with van der Waals surface area (Å²) in [5.74, 6) is -2.38. The van der Waals surface area contributed by atoms with E-state index >= 15 is 0 Å². The van der Waals surface area contributed by atoms with Crippen molar-refractivity contribution >= 4 is 17.9 Å². The maximum absolute atomic E-state index is 12.8. The zero-order valence-electron chi connectivity index (χ0n) is 46.7. The summed E-state index contributed by atoms with van der Waals surface area (Å²) in [6.45, 7) is 4.43. The van der Waals surface area contributed by atoms with Crippen LogP contribution in [0.3, 0.4) is 0 Å². The van der Waals surface area contributed by atoms with E-state index in [0.717, 1.165) is 96.3 Å². The molecule has 0 bridgehead atoms. The Morgan fingerprint density at radius 3 is 1.14 bits per heavy atom. The van der Waals surface area contributed by atoms with Crippen LogP contribution in [0.15, 0.2) is 134 Å². The van der Waals surface area contributed by atoms with Gasteiger partial charge in [-0.15, -0.1) is 0 Å². The minimum Gasteiger partial charge on any atom is -0.545 e. The molecule has 0 heterocycles. The fraction of sp³-hybridized carbons (Fsp3) is 0.609. The van der Waals surface area contributed by atoms with E-state index in [-0.39, 0.29) is 38.6 Å². The van der Waals surface area contributed by atoms with E-state index in [1.165, 1.54) is 57.8 Å². The smallest absolute Gasteiger partial charge is 0.306 e. The van der Waals surface area contributed by atoms with Crippen LogP contribution >= 0.6 is 0 Å². The molecular weight excluding hydrogens is 911 g/mol. The number of nitrogens with zero attached hydrogens (tertiary/aromatic N) is 1. The van der Waals surface area contributed by atoms with Crippen LogP contribution < -0.4 is 5.11 Å². The fourth-order valence-electron chi connectivity index (χ4n) is 7.10. The Morgan fingerprint density at radius 1 is 0.411 bits per heavy atom. The molecule has 9 nitrogen and oxygen atoms in total. The van der Waals surface area contributed by atoms with E-state index in [1.807, 2.05) is 27.2 Å². The molecular formula is C64H103NO8. The lowest BCUT2D eigenvalue weighted by molar-refractivity contribution is -0.870. The number of carboxylic acid groups (broad SMARTS) is 1. The monoisotopic (exact) mass is 1010 g/mol. The molecule has 0 saturated carbocycles. The molecule has 9 heteroatoms. The summed E-state index contributed by atoms with van der Waals surface area (Å²) in [5, 5.41) is 11.8. The van der Waals surface area contributed by atoms with E-state index in [1.54, 1.807) is 0 Å². The molecule has 2 unspecified atom stereocenters. The summed E-state index contributed by atoms with van der Waals surface area (Å²) in [7, 11) is 5.89.